The Balaban J connectivity index is 1.56. The first kappa shape index (κ1) is 20.9. The van der Waals surface area contributed by atoms with E-state index >= 15 is 0 Å². The maximum Gasteiger partial charge on any atom is 0.254 e. The fraction of sp³-hybridized carbons (Fsp3) is 0.250. The molecule has 1 saturated heterocycles. The van der Waals surface area contributed by atoms with Gasteiger partial charge in [0.2, 0.25) is 11.8 Å². The largest absolute Gasteiger partial charge is 0.497 e. The third-order valence-electron chi connectivity index (χ3n) is 6.26. The van der Waals surface area contributed by atoms with Crippen LogP contribution in [0.4, 0.5) is 4.39 Å². The SMILES string of the molecule is COc1ccc2c(c1)C(=O)N(C[C@@]1(c3cc4cc(C(C)=O)c(F)cc4o3)CC(=O)NC1=O)C2. The van der Waals surface area contributed by atoms with Crippen molar-refractivity contribution in [3.63, 3.8) is 0 Å². The lowest BCUT2D eigenvalue weighted by atomic mass is 9.82. The number of benzene rings is 2. The number of imide groups is 1. The average molecular weight is 450 g/mol. The summed E-state index contributed by atoms with van der Waals surface area (Å²) in [5, 5.41) is 2.72. The second-order valence-corrected chi connectivity index (χ2v) is 8.36. The van der Waals surface area contributed by atoms with Crippen LogP contribution in [0.15, 0.2) is 40.8 Å². The molecule has 5 rings (SSSR count). The molecule has 2 aliphatic rings. The van der Waals surface area contributed by atoms with Gasteiger partial charge in [0.1, 0.15) is 28.3 Å². The minimum Gasteiger partial charge on any atom is -0.497 e. The van der Waals surface area contributed by atoms with Crippen LogP contribution in [0.1, 0.15) is 45.4 Å². The number of nitrogens with zero attached hydrogens (tertiary/aromatic N) is 1. The highest BCUT2D eigenvalue weighted by atomic mass is 19.1. The molecule has 2 aromatic carbocycles. The van der Waals surface area contributed by atoms with E-state index in [1.165, 1.54) is 31.1 Å². The molecule has 3 amide bonds. The normalized spacial score (nSPS) is 19.8. The van der Waals surface area contributed by atoms with Crippen LogP contribution in [0.5, 0.6) is 5.75 Å². The topological polar surface area (TPSA) is 106 Å². The second-order valence-electron chi connectivity index (χ2n) is 8.36. The highest BCUT2D eigenvalue weighted by Gasteiger charge is 2.53. The van der Waals surface area contributed by atoms with Gasteiger partial charge in [-0.05, 0) is 36.8 Å². The van der Waals surface area contributed by atoms with E-state index in [1.54, 1.807) is 18.2 Å². The fourth-order valence-electron chi connectivity index (χ4n) is 4.54. The van der Waals surface area contributed by atoms with E-state index in [0.717, 1.165) is 11.6 Å². The highest BCUT2D eigenvalue weighted by molar-refractivity contribution is 6.10. The van der Waals surface area contributed by atoms with Crippen LogP contribution >= 0.6 is 0 Å². The first-order valence-corrected chi connectivity index (χ1v) is 10.3. The molecule has 0 bridgehead atoms. The molecule has 0 unspecified atom stereocenters. The van der Waals surface area contributed by atoms with E-state index in [2.05, 4.69) is 5.32 Å². The molecule has 168 valence electrons. The number of nitrogens with one attached hydrogen (secondary N) is 1. The number of methoxy groups -OCH3 is 1. The summed E-state index contributed by atoms with van der Waals surface area (Å²) in [7, 11) is 1.50. The number of rotatable bonds is 5. The van der Waals surface area contributed by atoms with Gasteiger partial charge >= 0.3 is 0 Å². The van der Waals surface area contributed by atoms with Gasteiger partial charge < -0.3 is 14.1 Å². The Morgan fingerprint density at radius 2 is 2.00 bits per heavy atom. The molecule has 9 heteroatoms. The lowest BCUT2D eigenvalue weighted by Crippen LogP contribution is -2.46. The molecule has 8 nitrogen and oxygen atoms in total. The van der Waals surface area contributed by atoms with Crippen molar-refractivity contribution < 1.29 is 32.7 Å². The molecule has 1 fully saturated rings. The molecule has 33 heavy (non-hydrogen) atoms. The van der Waals surface area contributed by atoms with E-state index in [4.69, 9.17) is 9.15 Å². The summed E-state index contributed by atoms with van der Waals surface area (Å²) in [4.78, 5) is 51.5. The summed E-state index contributed by atoms with van der Waals surface area (Å²) < 4.78 is 25.3. The van der Waals surface area contributed by atoms with Crippen LogP contribution in [-0.2, 0) is 21.5 Å². The molecule has 0 spiro atoms. The number of hydrogen-bond acceptors (Lipinski definition) is 6. The average Bonchev–Trinajstić information content (AvgIpc) is 3.41. The monoisotopic (exact) mass is 450 g/mol. The Morgan fingerprint density at radius 3 is 2.67 bits per heavy atom. The molecule has 0 aliphatic carbocycles. The molecule has 3 heterocycles. The molecule has 0 radical (unpaired) electrons. The fourth-order valence-corrected chi connectivity index (χ4v) is 4.54. The Labute approximate surface area is 187 Å². The Morgan fingerprint density at radius 1 is 1.21 bits per heavy atom. The highest BCUT2D eigenvalue weighted by Crippen LogP contribution is 2.39. The number of Topliss-reactive ketones (excluding diaryl/α,β-unsaturated/α-hetero) is 1. The number of furan rings is 1. The molecular weight excluding hydrogens is 431 g/mol. The van der Waals surface area contributed by atoms with Gasteiger partial charge in [-0.3, -0.25) is 24.5 Å². The van der Waals surface area contributed by atoms with Crippen LogP contribution in [0.2, 0.25) is 0 Å². The smallest absolute Gasteiger partial charge is 0.254 e. The van der Waals surface area contributed by atoms with Gasteiger partial charge in [0.15, 0.2) is 5.78 Å². The van der Waals surface area contributed by atoms with Gasteiger partial charge in [-0.15, -0.1) is 0 Å². The van der Waals surface area contributed by atoms with Crippen molar-refractivity contribution in [1.29, 1.82) is 0 Å². The summed E-state index contributed by atoms with van der Waals surface area (Å²) in [6, 6.07) is 9.13. The Bertz CT molecular complexity index is 1380. The summed E-state index contributed by atoms with van der Waals surface area (Å²) in [6.45, 7) is 1.40. The number of carbonyl (C=O) groups excluding carboxylic acids is 4. The molecule has 1 N–H and O–H groups in total. The summed E-state index contributed by atoms with van der Waals surface area (Å²) >= 11 is 0. The van der Waals surface area contributed by atoms with Crippen molar-refractivity contribution in [3.8, 4) is 5.75 Å². The molecule has 1 aromatic heterocycles. The zero-order valence-corrected chi connectivity index (χ0v) is 17.9. The third-order valence-corrected chi connectivity index (χ3v) is 6.26. The number of halogens is 1. The lowest BCUT2D eigenvalue weighted by molar-refractivity contribution is -0.127. The second kappa shape index (κ2) is 7.26. The summed E-state index contributed by atoms with van der Waals surface area (Å²) in [5.41, 5.74) is -0.203. The van der Waals surface area contributed by atoms with Crippen LogP contribution in [-0.4, -0.2) is 42.1 Å². The van der Waals surface area contributed by atoms with Gasteiger partial charge in [-0.2, -0.15) is 0 Å². The van der Waals surface area contributed by atoms with Crippen molar-refractivity contribution in [2.75, 3.05) is 13.7 Å². The molecule has 2 aliphatic heterocycles. The molecular formula is C24H19FN2O6. The van der Waals surface area contributed by atoms with Gasteiger partial charge in [0, 0.05) is 30.1 Å². The van der Waals surface area contributed by atoms with Crippen LogP contribution < -0.4 is 10.1 Å². The lowest BCUT2D eigenvalue weighted by Gasteiger charge is -2.28. The van der Waals surface area contributed by atoms with Crippen molar-refractivity contribution >= 4 is 34.5 Å². The maximum atomic E-state index is 14.3. The number of carbonyl (C=O) groups is 4. The van der Waals surface area contributed by atoms with Crippen LogP contribution in [0.3, 0.4) is 0 Å². The van der Waals surface area contributed by atoms with Crippen molar-refractivity contribution in [3.05, 3.63) is 64.7 Å². The van der Waals surface area contributed by atoms with Crippen molar-refractivity contribution in [2.24, 2.45) is 0 Å². The number of hydrogen-bond donors (Lipinski definition) is 1. The summed E-state index contributed by atoms with van der Waals surface area (Å²) in [6.07, 6.45) is -0.225. The Kier molecular flexibility index (Phi) is 4.59. The molecule has 0 saturated carbocycles. The molecule has 3 aromatic rings. The first-order valence-electron chi connectivity index (χ1n) is 10.3. The van der Waals surface area contributed by atoms with Crippen LogP contribution in [0.25, 0.3) is 11.0 Å². The number of ether oxygens (including phenoxy) is 1. The van der Waals surface area contributed by atoms with Gasteiger partial charge in [-0.25, -0.2) is 4.39 Å². The maximum absolute atomic E-state index is 14.3. The van der Waals surface area contributed by atoms with Crippen molar-refractivity contribution in [1.82, 2.24) is 10.2 Å². The predicted octanol–water partition coefficient (Wildman–Crippen LogP) is 2.72. The number of amides is 3. The van der Waals surface area contributed by atoms with E-state index in [0.29, 0.717) is 16.7 Å². The quantitative estimate of drug-likeness (QED) is 0.473. The first-order chi connectivity index (χ1) is 15.7. The zero-order chi connectivity index (χ0) is 23.5. The van der Waals surface area contributed by atoms with Crippen molar-refractivity contribution in [2.45, 2.75) is 25.3 Å². The third kappa shape index (κ3) is 3.19. The zero-order valence-electron chi connectivity index (χ0n) is 17.9. The van der Waals surface area contributed by atoms with E-state index in [-0.39, 0.29) is 42.3 Å². The number of fused-ring (bicyclic) bond motifs is 2. The van der Waals surface area contributed by atoms with E-state index in [9.17, 15) is 23.6 Å². The standard InChI is InChI=1S/C24H19FN2O6/c1-12(28)16-5-14-6-20(33-19(14)8-18(16)25)24(9-21(29)26-23(24)31)11-27-10-13-3-4-15(32-2)7-17(13)22(27)30/h3-8H,9-11H2,1-2H3,(H,26,29,31)/t24-/m1/s1. The molecule has 1 atom stereocenters. The minimum absolute atomic E-state index is 0.102. The van der Waals surface area contributed by atoms with E-state index in [1.807, 2.05) is 0 Å². The predicted molar refractivity (Wildman–Crippen MR) is 113 cm³/mol. The summed E-state index contributed by atoms with van der Waals surface area (Å²) in [5.74, 6) is -1.92. The van der Waals surface area contributed by atoms with Gasteiger partial charge in [-0.1, -0.05) is 6.07 Å². The van der Waals surface area contributed by atoms with Crippen LogP contribution in [0, 0.1) is 5.82 Å². The number of ketones is 1. The van der Waals surface area contributed by atoms with Gasteiger partial charge in [0.05, 0.1) is 19.1 Å². The van der Waals surface area contributed by atoms with E-state index < -0.39 is 28.8 Å². The van der Waals surface area contributed by atoms with Gasteiger partial charge in [0.25, 0.3) is 5.91 Å². The Hall–Kier alpha value is -4.01. The minimum atomic E-state index is -1.48.